The Kier molecular flexibility index (Phi) is 4.56. The molecular formula is C15H18N2S2. The normalized spacial score (nSPS) is 10.4. The first kappa shape index (κ1) is 14.0. The van der Waals surface area contributed by atoms with Crippen molar-refractivity contribution in [3.8, 4) is 0 Å². The number of rotatable bonds is 5. The Labute approximate surface area is 123 Å². The van der Waals surface area contributed by atoms with Crippen LogP contribution >= 0.6 is 23.6 Å². The van der Waals surface area contributed by atoms with Crippen LogP contribution in [0.3, 0.4) is 0 Å². The molecule has 2 rings (SSSR count). The first-order valence-corrected chi connectivity index (χ1v) is 7.54. The molecule has 0 aliphatic rings. The summed E-state index contributed by atoms with van der Waals surface area (Å²) >= 11 is 6.87. The monoisotopic (exact) mass is 290 g/mol. The molecule has 2 nitrogen and oxygen atoms in total. The van der Waals surface area contributed by atoms with Gasteiger partial charge < -0.3 is 11.1 Å². The van der Waals surface area contributed by atoms with Gasteiger partial charge in [0.05, 0.1) is 0 Å². The molecule has 1 heterocycles. The van der Waals surface area contributed by atoms with Crippen molar-refractivity contribution in [2.24, 2.45) is 5.73 Å². The summed E-state index contributed by atoms with van der Waals surface area (Å²) in [5.41, 5.74) is 8.82. The highest BCUT2D eigenvalue weighted by Gasteiger charge is 2.03. The van der Waals surface area contributed by atoms with E-state index >= 15 is 0 Å². The van der Waals surface area contributed by atoms with Gasteiger partial charge in [-0.05, 0) is 49.2 Å². The number of hydrogen-bond donors (Lipinski definition) is 2. The minimum Gasteiger partial charge on any atom is -0.389 e. The van der Waals surface area contributed by atoms with E-state index < -0.39 is 0 Å². The van der Waals surface area contributed by atoms with Crippen molar-refractivity contribution in [3.05, 3.63) is 51.2 Å². The van der Waals surface area contributed by atoms with E-state index in [4.69, 9.17) is 18.0 Å². The zero-order valence-electron chi connectivity index (χ0n) is 11.2. The van der Waals surface area contributed by atoms with Gasteiger partial charge in [0, 0.05) is 27.5 Å². The lowest BCUT2D eigenvalue weighted by molar-refractivity contribution is 1.19. The zero-order chi connectivity index (χ0) is 13.8. The van der Waals surface area contributed by atoms with Gasteiger partial charge in [0.1, 0.15) is 4.99 Å². The Morgan fingerprint density at radius 1 is 1.26 bits per heavy atom. The fraction of sp³-hybridized carbons (Fsp3) is 0.267. The molecule has 0 aliphatic heterocycles. The Hall–Kier alpha value is -1.39. The highest BCUT2D eigenvalue weighted by molar-refractivity contribution is 7.80. The standard InChI is InChI=1S/C15H18N2S2/c1-3-12-5-6-13(19-12)9-17-11-4-7-14(15(16)18)10(2)8-11/h4-8,17H,3,9H2,1-2H3,(H2,16,18). The predicted molar refractivity (Wildman–Crippen MR) is 88.1 cm³/mol. The van der Waals surface area contributed by atoms with E-state index in [1.165, 1.54) is 9.75 Å². The van der Waals surface area contributed by atoms with Crippen molar-refractivity contribution in [2.45, 2.75) is 26.8 Å². The van der Waals surface area contributed by atoms with Crippen LogP contribution in [0.1, 0.15) is 27.8 Å². The topological polar surface area (TPSA) is 38.0 Å². The number of hydrogen-bond acceptors (Lipinski definition) is 3. The molecule has 0 aliphatic carbocycles. The van der Waals surface area contributed by atoms with Crippen LogP contribution < -0.4 is 11.1 Å². The molecular weight excluding hydrogens is 272 g/mol. The number of thiocarbonyl (C=S) groups is 1. The van der Waals surface area contributed by atoms with Crippen LogP contribution in [-0.2, 0) is 13.0 Å². The van der Waals surface area contributed by atoms with Crippen LogP contribution in [0, 0.1) is 6.92 Å². The van der Waals surface area contributed by atoms with Crippen LogP contribution in [0.4, 0.5) is 5.69 Å². The lowest BCUT2D eigenvalue weighted by atomic mass is 10.1. The number of benzene rings is 1. The maximum atomic E-state index is 5.66. The Bertz CT molecular complexity index is 588. The third-order valence-electron chi connectivity index (χ3n) is 3.02. The average Bonchev–Trinajstić information content (AvgIpc) is 2.84. The number of anilines is 1. The third kappa shape index (κ3) is 3.55. The summed E-state index contributed by atoms with van der Waals surface area (Å²) in [7, 11) is 0. The summed E-state index contributed by atoms with van der Waals surface area (Å²) in [5.74, 6) is 0. The van der Waals surface area contributed by atoms with Crippen LogP contribution in [0.2, 0.25) is 0 Å². The minimum absolute atomic E-state index is 0.454. The fourth-order valence-electron chi connectivity index (χ4n) is 1.95. The second-order valence-corrected chi connectivity index (χ2v) is 6.16. The number of thiophene rings is 1. The average molecular weight is 290 g/mol. The maximum absolute atomic E-state index is 5.66. The first-order chi connectivity index (χ1) is 9.10. The van der Waals surface area contributed by atoms with E-state index in [2.05, 4.69) is 30.4 Å². The molecule has 0 amide bonds. The van der Waals surface area contributed by atoms with E-state index in [0.717, 1.165) is 29.8 Å². The molecule has 0 fully saturated rings. The van der Waals surface area contributed by atoms with Gasteiger partial charge in [-0.15, -0.1) is 11.3 Å². The SMILES string of the molecule is CCc1ccc(CNc2ccc(C(N)=S)c(C)c2)s1. The van der Waals surface area contributed by atoms with Gasteiger partial charge in [-0.3, -0.25) is 0 Å². The van der Waals surface area contributed by atoms with Crippen molar-refractivity contribution in [1.29, 1.82) is 0 Å². The van der Waals surface area contributed by atoms with Gasteiger partial charge in [-0.1, -0.05) is 19.1 Å². The lowest BCUT2D eigenvalue weighted by Crippen LogP contribution is -2.11. The third-order valence-corrected chi connectivity index (χ3v) is 4.47. The van der Waals surface area contributed by atoms with Gasteiger partial charge in [-0.25, -0.2) is 0 Å². The summed E-state index contributed by atoms with van der Waals surface area (Å²) in [5, 5.41) is 3.43. The predicted octanol–water partition coefficient (Wildman–Crippen LogP) is 3.87. The summed E-state index contributed by atoms with van der Waals surface area (Å²) in [6, 6.07) is 10.5. The second kappa shape index (κ2) is 6.17. The molecule has 0 spiro atoms. The molecule has 3 N–H and O–H groups in total. The molecule has 0 atom stereocenters. The Morgan fingerprint density at radius 2 is 2.00 bits per heavy atom. The summed E-state index contributed by atoms with van der Waals surface area (Å²) in [6.07, 6.45) is 1.10. The van der Waals surface area contributed by atoms with E-state index in [0.29, 0.717) is 4.99 Å². The minimum atomic E-state index is 0.454. The molecule has 1 aromatic heterocycles. The highest BCUT2D eigenvalue weighted by Crippen LogP contribution is 2.20. The first-order valence-electron chi connectivity index (χ1n) is 6.32. The van der Waals surface area contributed by atoms with Crippen molar-refractivity contribution in [1.82, 2.24) is 0 Å². The smallest absolute Gasteiger partial charge is 0.104 e. The van der Waals surface area contributed by atoms with Crippen LogP contribution in [-0.4, -0.2) is 4.99 Å². The van der Waals surface area contributed by atoms with E-state index in [9.17, 15) is 0 Å². The van der Waals surface area contributed by atoms with Gasteiger partial charge in [0.15, 0.2) is 0 Å². The van der Waals surface area contributed by atoms with Crippen LogP contribution in [0.5, 0.6) is 0 Å². The molecule has 0 bridgehead atoms. The summed E-state index contributed by atoms with van der Waals surface area (Å²) in [6.45, 7) is 5.07. The quantitative estimate of drug-likeness (QED) is 0.821. The molecule has 0 saturated heterocycles. The molecule has 0 saturated carbocycles. The van der Waals surface area contributed by atoms with Gasteiger partial charge in [-0.2, -0.15) is 0 Å². The number of nitrogens with two attached hydrogens (primary N) is 1. The number of nitrogens with one attached hydrogen (secondary N) is 1. The van der Waals surface area contributed by atoms with Crippen molar-refractivity contribution in [3.63, 3.8) is 0 Å². The zero-order valence-corrected chi connectivity index (χ0v) is 12.8. The van der Waals surface area contributed by atoms with Crippen LogP contribution in [0.15, 0.2) is 30.3 Å². The second-order valence-electron chi connectivity index (χ2n) is 4.47. The Morgan fingerprint density at radius 3 is 2.58 bits per heavy atom. The molecule has 1 aromatic carbocycles. The summed E-state index contributed by atoms with van der Waals surface area (Å²) in [4.78, 5) is 3.24. The Balaban J connectivity index is 2.03. The molecule has 100 valence electrons. The molecule has 4 heteroatoms. The number of aryl methyl sites for hydroxylation is 2. The molecule has 0 radical (unpaired) electrons. The largest absolute Gasteiger partial charge is 0.389 e. The maximum Gasteiger partial charge on any atom is 0.104 e. The van der Waals surface area contributed by atoms with Gasteiger partial charge in [0.25, 0.3) is 0 Å². The van der Waals surface area contributed by atoms with Crippen molar-refractivity contribution < 1.29 is 0 Å². The van der Waals surface area contributed by atoms with Crippen molar-refractivity contribution in [2.75, 3.05) is 5.32 Å². The van der Waals surface area contributed by atoms with E-state index in [1.54, 1.807) is 0 Å². The molecule has 19 heavy (non-hydrogen) atoms. The van der Waals surface area contributed by atoms with Crippen LogP contribution in [0.25, 0.3) is 0 Å². The highest BCUT2D eigenvalue weighted by atomic mass is 32.1. The summed E-state index contributed by atoms with van der Waals surface area (Å²) < 4.78 is 0. The molecule has 0 unspecified atom stereocenters. The van der Waals surface area contributed by atoms with Gasteiger partial charge in [0.2, 0.25) is 0 Å². The van der Waals surface area contributed by atoms with E-state index in [-0.39, 0.29) is 0 Å². The van der Waals surface area contributed by atoms with E-state index in [1.807, 2.05) is 30.4 Å². The molecule has 2 aromatic rings. The fourth-order valence-corrected chi connectivity index (χ4v) is 3.07. The van der Waals surface area contributed by atoms with Gasteiger partial charge >= 0.3 is 0 Å². The van der Waals surface area contributed by atoms with Crippen molar-refractivity contribution >= 4 is 34.2 Å². The lowest BCUT2D eigenvalue weighted by Gasteiger charge is -2.09.